The van der Waals surface area contributed by atoms with Crippen molar-refractivity contribution in [2.75, 3.05) is 0 Å². The second-order valence-corrected chi connectivity index (χ2v) is 5.03. The molecule has 0 amide bonds. The van der Waals surface area contributed by atoms with E-state index < -0.39 is 0 Å². The Labute approximate surface area is 129 Å². The first-order valence-corrected chi connectivity index (χ1v) is 7.02. The molecule has 22 heavy (non-hydrogen) atoms. The number of hydrogen-bond donors (Lipinski definition) is 0. The predicted octanol–water partition coefficient (Wildman–Crippen LogP) is 4.65. The number of carbonyl (C=O) groups excluding carboxylic acids is 2. The Bertz CT molecular complexity index is 820. The van der Waals surface area contributed by atoms with Crippen LogP contribution in [0.3, 0.4) is 0 Å². The van der Waals surface area contributed by atoms with Crippen LogP contribution in [0.2, 0.25) is 0 Å². The molecule has 0 aliphatic heterocycles. The molecule has 3 aromatic rings. The Morgan fingerprint density at radius 1 is 0.545 bits per heavy atom. The lowest BCUT2D eigenvalue weighted by Gasteiger charge is -2.11. The molecule has 0 fully saturated rings. The maximum atomic E-state index is 11.1. The third-order valence-corrected chi connectivity index (χ3v) is 3.60. The normalized spacial score (nSPS) is 10.2. The highest BCUT2D eigenvalue weighted by Crippen LogP contribution is 2.33. The summed E-state index contributed by atoms with van der Waals surface area (Å²) in [6.45, 7) is 0. The molecule has 0 aliphatic carbocycles. The lowest BCUT2D eigenvalue weighted by Crippen LogP contribution is -1.90. The van der Waals surface area contributed by atoms with Crippen LogP contribution in [0.15, 0.2) is 72.8 Å². The average Bonchev–Trinajstić information content (AvgIpc) is 2.62. The SMILES string of the molecule is O=Cc1cccc(-c2cc(C=O)ccc2-c2ccccc2)c1. The Balaban J connectivity index is 2.23. The highest BCUT2D eigenvalue weighted by Gasteiger charge is 2.09. The van der Waals surface area contributed by atoms with Crippen molar-refractivity contribution in [1.29, 1.82) is 0 Å². The van der Waals surface area contributed by atoms with Gasteiger partial charge in [0.2, 0.25) is 0 Å². The van der Waals surface area contributed by atoms with E-state index in [2.05, 4.69) is 0 Å². The van der Waals surface area contributed by atoms with Gasteiger partial charge in [-0.05, 0) is 34.4 Å². The molecular weight excluding hydrogens is 272 g/mol. The van der Waals surface area contributed by atoms with Gasteiger partial charge in [-0.15, -0.1) is 0 Å². The van der Waals surface area contributed by atoms with Gasteiger partial charge in [0.1, 0.15) is 12.6 Å². The van der Waals surface area contributed by atoms with Crippen LogP contribution in [-0.2, 0) is 0 Å². The Kier molecular flexibility index (Phi) is 3.92. The van der Waals surface area contributed by atoms with Crippen molar-refractivity contribution in [1.82, 2.24) is 0 Å². The van der Waals surface area contributed by atoms with Crippen LogP contribution in [0.4, 0.5) is 0 Å². The molecule has 2 heteroatoms. The average molecular weight is 286 g/mol. The summed E-state index contributed by atoms with van der Waals surface area (Å²) < 4.78 is 0. The van der Waals surface area contributed by atoms with Crippen molar-refractivity contribution in [3.8, 4) is 22.3 Å². The molecule has 2 nitrogen and oxygen atoms in total. The second kappa shape index (κ2) is 6.19. The molecule has 106 valence electrons. The number of rotatable bonds is 4. The summed E-state index contributed by atoms with van der Waals surface area (Å²) in [5, 5.41) is 0. The molecule has 0 spiro atoms. The van der Waals surface area contributed by atoms with E-state index in [9.17, 15) is 9.59 Å². The van der Waals surface area contributed by atoms with E-state index in [1.165, 1.54) is 0 Å². The van der Waals surface area contributed by atoms with Crippen molar-refractivity contribution >= 4 is 12.6 Å². The van der Waals surface area contributed by atoms with Gasteiger partial charge in [-0.25, -0.2) is 0 Å². The van der Waals surface area contributed by atoms with Gasteiger partial charge in [0.25, 0.3) is 0 Å². The van der Waals surface area contributed by atoms with Crippen LogP contribution in [-0.4, -0.2) is 12.6 Å². The third-order valence-electron chi connectivity index (χ3n) is 3.60. The molecule has 0 radical (unpaired) electrons. The third kappa shape index (κ3) is 2.72. The molecular formula is C20H14O2. The lowest BCUT2D eigenvalue weighted by atomic mass is 9.92. The van der Waals surface area contributed by atoms with Crippen molar-refractivity contribution in [3.05, 3.63) is 83.9 Å². The van der Waals surface area contributed by atoms with Crippen LogP contribution < -0.4 is 0 Å². The number of hydrogen-bond acceptors (Lipinski definition) is 2. The maximum absolute atomic E-state index is 11.1. The smallest absolute Gasteiger partial charge is 0.150 e. The Hall–Kier alpha value is -3.00. The fourth-order valence-corrected chi connectivity index (χ4v) is 2.52. The first-order valence-electron chi connectivity index (χ1n) is 7.02. The first kappa shape index (κ1) is 14.0. The fourth-order valence-electron chi connectivity index (χ4n) is 2.52. The van der Waals surface area contributed by atoms with E-state index in [4.69, 9.17) is 0 Å². The van der Waals surface area contributed by atoms with Crippen molar-refractivity contribution < 1.29 is 9.59 Å². The quantitative estimate of drug-likeness (QED) is 0.654. The molecule has 0 saturated carbocycles. The van der Waals surface area contributed by atoms with Gasteiger partial charge < -0.3 is 0 Å². The summed E-state index contributed by atoms with van der Waals surface area (Å²) in [5.41, 5.74) is 5.21. The van der Waals surface area contributed by atoms with Crippen molar-refractivity contribution in [3.63, 3.8) is 0 Å². The standard InChI is InChI=1S/C20H14O2/c21-13-15-5-4-8-18(11-15)20-12-16(14-22)9-10-19(20)17-6-2-1-3-7-17/h1-14H. The number of aldehydes is 2. The summed E-state index contributed by atoms with van der Waals surface area (Å²) in [4.78, 5) is 22.1. The summed E-state index contributed by atoms with van der Waals surface area (Å²) in [7, 11) is 0. The van der Waals surface area contributed by atoms with Gasteiger partial charge in [-0.3, -0.25) is 9.59 Å². The molecule has 3 rings (SSSR count). The maximum Gasteiger partial charge on any atom is 0.150 e. The number of benzene rings is 3. The molecule has 0 unspecified atom stereocenters. The Morgan fingerprint density at radius 2 is 1.23 bits per heavy atom. The topological polar surface area (TPSA) is 34.1 Å². The van der Waals surface area contributed by atoms with Crippen LogP contribution >= 0.6 is 0 Å². The minimum absolute atomic E-state index is 0.617. The molecule has 0 N–H and O–H groups in total. The van der Waals surface area contributed by atoms with E-state index in [0.29, 0.717) is 11.1 Å². The fraction of sp³-hybridized carbons (Fsp3) is 0. The zero-order chi connectivity index (χ0) is 15.4. The zero-order valence-electron chi connectivity index (χ0n) is 11.9. The summed E-state index contributed by atoms with van der Waals surface area (Å²) in [6, 6.07) is 23.0. The van der Waals surface area contributed by atoms with Gasteiger partial charge in [-0.2, -0.15) is 0 Å². The molecule has 0 aromatic heterocycles. The van der Waals surface area contributed by atoms with Gasteiger partial charge in [0.05, 0.1) is 0 Å². The van der Waals surface area contributed by atoms with E-state index in [-0.39, 0.29) is 0 Å². The molecule has 0 aliphatic rings. The largest absolute Gasteiger partial charge is 0.298 e. The van der Waals surface area contributed by atoms with Gasteiger partial charge >= 0.3 is 0 Å². The highest BCUT2D eigenvalue weighted by molar-refractivity contribution is 5.89. The molecule has 0 heterocycles. The summed E-state index contributed by atoms with van der Waals surface area (Å²) in [5.74, 6) is 0. The Morgan fingerprint density at radius 3 is 1.95 bits per heavy atom. The van der Waals surface area contributed by atoms with E-state index in [1.54, 1.807) is 6.07 Å². The predicted molar refractivity (Wildman–Crippen MR) is 88.1 cm³/mol. The molecule has 3 aromatic carbocycles. The van der Waals surface area contributed by atoms with Crippen LogP contribution in [0.5, 0.6) is 0 Å². The van der Waals surface area contributed by atoms with E-state index >= 15 is 0 Å². The summed E-state index contributed by atoms with van der Waals surface area (Å²) >= 11 is 0. The highest BCUT2D eigenvalue weighted by atomic mass is 16.1. The van der Waals surface area contributed by atoms with Gasteiger partial charge in [0, 0.05) is 11.1 Å². The number of carbonyl (C=O) groups is 2. The van der Waals surface area contributed by atoms with Crippen molar-refractivity contribution in [2.45, 2.75) is 0 Å². The summed E-state index contributed by atoms with van der Waals surface area (Å²) in [6.07, 6.45) is 1.66. The zero-order valence-corrected chi connectivity index (χ0v) is 11.9. The van der Waals surface area contributed by atoms with Crippen molar-refractivity contribution in [2.24, 2.45) is 0 Å². The van der Waals surface area contributed by atoms with Gasteiger partial charge in [-0.1, -0.05) is 60.7 Å². The lowest BCUT2D eigenvalue weighted by molar-refractivity contribution is 0.111. The van der Waals surface area contributed by atoms with Crippen LogP contribution in [0.1, 0.15) is 20.7 Å². The van der Waals surface area contributed by atoms with Crippen LogP contribution in [0.25, 0.3) is 22.3 Å². The molecule has 0 bridgehead atoms. The van der Waals surface area contributed by atoms with Crippen LogP contribution in [0, 0.1) is 0 Å². The van der Waals surface area contributed by atoms with Gasteiger partial charge in [0.15, 0.2) is 0 Å². The minimum Gasteiger partial charge on any atom is -0.298 e. The first-order chi connectivity index (χ1) is 10.8. The molecule has 0 saturated heterocycles. The van der Waals surface area contributed by atoms with E-state index in [1.807, 2.05) is 66.7 Å². The second-order valence-electron chi connectivity index (χ2n) is 5.03. The van der Waals surface area contributed by atoms with E-state index in [0.717, 1.165) is 34.8 Å². The minimum atomic E-state index is 0.617. The molecule has 0 atom stereocenters. The monoisotopic (exact) mass is 286 g/mol.